The monoisotopic (exact) mass is 267 g/mol. The Labute approximate surface area is 106 Å². The van der Waals surface area contributed by atoms with Crippen molar-refractivity contribution in [2.24, 2.45) is 0 Å². The number of ether oxygens (including phenoxy) is 1. The van der Waals surface area contributed by atoms with Crippen molar-refractivity contribution >= 4 is 23.0 Å². The fourth-order valence-corrected chi connectivity index (χ4v) is 2.52. The number of thiophene rings is 1. The van der Waals surface area contributed by atoms with Crippen LogP contribution in [-0.4, -0.2) is 18.2 Å². The third-order valence-corrected chi connectivity index (χ3v) is 3.55. The SMILES string of the molecule is COc1ccc(F)cc1-c1cc(N)c(C(=O)O)s1. The van der Waals surface area contributed by atoms with Gasteiger partial charge in [-0.15, -0.1) is 11.3 Å². The molecular formula is C12H10FNO3S. The summed E-state index contributed by atoms with van der Waals surface area (Å²) >= 11 is 0.988. The van der Waals surface area contributed by atoms with E-state index in [0.29, 0.717) is 16.2 Å². The molecule has 0 atom stereocenters. The Morgan fingerprint density at radius 3 is 2.72 bits per heavy atom. The second-order valence-corrected chi connectivity index (χ2v) is 4.60. The first kappa shape index (κ1) is 12.4. The summed E-state index contributed by atoms with van der Waals surface area (Å²) < 4.78 is 18.4. The number of anilines is 1. The highest BCUT2D eigenvalue weighted by Crippen LogP contribution is 2.38. The lowest BCUT2D eigenvalue weighted by Crippen LogP contribution is -1.96. The molecule has 94 valence electrons. The lowest BCUT2D eigenvalue weighted by molar-refractivity contribution is 0.0703. The van der Waals surface area contributed by atoms with Crippen molar-refractivity contribution in [2.75, 3.05) is 12.8 Å². The third kappa shape index (κ3) is 2.14. The van der Waals surface area contributed by atoms with Gasteiger partial charge in [-0.25, -0.2) is 9.18 Å². The van der Waals surface area contributed by atoms with Gasteiger partial charge in [0.15, 0.2) is 0 Å². The van der Waals surface area contributed by atoms with E-state index in [-0.39, 0.29) is 10.6 Å². The van der Waals surface area contributed by atoms with E-state index in [1.165, 1.54) is 31.4 Å². The Morgan fingerprint density at radius 1 is 1.44 bits per heavy atom. The zero-order valence-electron chi connectivity index (χ0n) is 9.44. The minimum atomic E-state index is -1.10. The van der Waals surface area contributed by atoms with Crippen molar-refractivity contribution in [2.45, 2.75) is 0 Å². The molecule has 0 fully saturated rings. The van der Waals surface area contributed by atoms with E-state index >= 15 is 0 Å². The second-order valence-electron chi connectivity index (χ2n) is 3.54. The van der Waals surface area contributed by atoms with Crippen molar-refractivity contribution in [3.63, 3.8) is 0 Å². The zero-order chi connectivity index (χ0) is 13.3. The van der Waals surface area contributed by atoms with Gasteiger partial charge in [0.25, 0.3) is 0 Å². The van der Waals surface area contributed by atoms with Gasteiger partial charge in [0.1, 0.15) is 16.4 Å². The average molecular weight is 267 g/mol. The Kier molecular flexibility index (Phi) is 3.20. The fraction of sp³-hybridized carbons (Fsp3) is 0.0833. The molecule has 1 aromatic carbocycles. The first-order valence-corrected chi connectivity index (χ1v) is 5.81. The lowest BCUT2D eigenvalue weighted by atomic mass is 10.1. The smallest absolute Gasteiger partial charge is 0.348 e. The van der Waals surface area contributed by atoms with Crippen LogP contribution in [0.2, 0.25) is 0 Å². The molecule has 1 heterocycles. The fourth-order valence-electron chi connectivity index (χ4n) is 1.58. The molecule has 18 heavy (non-hydrogen) atoms. The highest BCUT2D eigenvalue weighted by atomic mass is 32.1. The lowest BCUT2D eigenvalue weighted by Gasteiger charge is -2.06. The summed E-state index contributed by atoms with van der Waals surface area (Å²) in [7, 11) is 1.46. The predicted molar refractivity (Wildman–Crippen MR) is 67.6 cm³/mol. The van der Waals surface area contributed by atoms with E-state index in [4.69, 9.17) is 15.6 Å². The molecule has 0 aliphatic heterocycles. The molecule has 6 heteroatoms. The van der Waals surface area contributed by atoms with Gasteiger partial charge in [-0.2, -0.15) is 0 Å². The summed E-state index contributed by atoms with van der Waals surface area (Å²) in [6.07, 6.45) is 0. The number of hydrogen-bond donors (Lipinski definition) is 2. The number of carbonyl (C=O) groups is 1. The van der Waals surface area contributed by atoms with Gasteiger partial charge in [0, 0.05) is 10.4 Å². The number of methoxy groups -OCH3 is 1. The molecule has 2 aromatic rings. The largest absolute Gasteiger partial charge is 0.496 e. The molecule has 0 radical (unpaired) electrons. The molecule has 0 unspecified atom stereocenters. The average Bonchev–Trinajstić information content (AvgIpc) is 2.71. The van der Waals surface area contributed by atoms with Crippen molar-refractivity contribution in [3.8, 4) is 16.2 Å². The van der Waals surface area contributed by atoms with Crippen molar-refractivity contribution in [1.29, 1.82) is 0 Å². The second kappa shape index (κ2) is 4.66. The zero-order valence-corrected chi connectivity index (χ0v) is 10.3. The molecule has 2 rings (SSSR count). The number of halogens is 1. The minimum Gasteiger partial charge on any atom is -0.496 e. The quantitative estimate of drug-likeness (QED) is 0.896. The van der Waals surface area contributed by atoms with Gasteiger partial charge < -0.3 is 15.6 Å². The van der Waals surface area contributed by atoms with Gasteiger partial charge >= 0.3 is 5.97 Å². The Morgan fingerprint density at radius 2 is 2.17 bits per heavy atom. The molecule has 4 nitrogen and oxygen atoms in total. The van der Waals surface area contributed by atoms with E-state index in [0.717, 1.165) is 11.3 Å². The highest BCUT2D eigenvalue weighted by Gasteiger charge is 2.16. The van der Waals surface area contributed by atoms with Crippen LogP contribution >= 0.6 is 11.3 Å². The summed E-state index contributed by atoms with van der Waals surface area (Å²) in [5.74, 6) is -1.05. The number of nitrogen functional groups attached to an aromatic ring is 1. The molecular weight excluding hydrogens is 257 g/mol. The molecule has 0 bridgehead atoms. The normalized spacial score (nSPS) is 10.3. The van der Waals surface area contributed by atoms with E-state index in [1.54, 1.807) is 0 Å². The van der Waals surface area contributed by atoms with E-state index < -0.39 is 11.8 Å². The molecule has 0 saturated carbocycles. The maximum Gasteiger partial charge on any atom is 0.348 e. The van der Waals surface area contributed by atoms with Crippen molar-refractivity contribution in [1.82, 2.24) is 0 Å². The van der Waals surface area contributed by atoms with Gasteiger partial charge in [0.2, 0.25) is 0 Å². The van der Waals surface area contributed by atoms with Crippen LogP contribution in [0.5, 0.6) is 5.75 Å². The molecule has 0 aliphatic carbocycles. The van der Waals surface area contributed by atoms with Crippen LogP contribution in [-0.2, 0) is 0 Å². The van der Waals surface area contributed by atoms with Crippen LogP contribution in [0.4, 0.5) is 10.1 Å². The van der Waals surface area contributed by atoms with Crippen LogP contribution in [0.3, 0.4) is 0 Å². The van der Waals surface area contributed by atoms with Crippen LogP contribution < -0.4 is 10.5 Å². The summed E-state index contributed by atoms with van der Waals surface area (Å²) in [6, 6.07) is 5.56. The number of hydrogen-bond acceptors (Lipinski definition) is 4. The molecule has 0 amide bonds. The third-order valence-electron chi connectivity index (χ3n) is 2.38. The van der Waals surface area contributed by atoms with E-state index in [9.17, 15) is 9.18 Å². The molecule has 1 aromatic heterocycles. The van der Waals surface area contributed by atoms with Crippen LogP contribution in [0.15, 0.2) is 24.3 Å². The van der Waals surface area contributed by atoms with Crippen LogP contribution in [0.25, 0.3) is 10.4 Å². The predicted octanol–water partition coefficient (Wildman–Crippen LogP) is 2.84. The first-order valence-electron chi connectivity index (χ1n) is 4.99. The summed E-state index contributed by atoms with van der Waals surface area (Å²) in [6.45, 7) is 0. The number of nitrogens with two attached hydrogens (primary N) is 1. The molecule has 0 saturated heterocycles. The Bertz CT molecular complexity index is 609. The number of benzene rings is 1. The Hall–Kier alpha value is -2.08. The van der Waals surface area contributed by atoms with Crippen molar-refractivity contribution in [3.05, 3.63) is 35.0 Å². The van der Waals surface area contributed by atoms with Gasteiger partial charge in [-0.05, 0) is 24.3 Å². The van der Waals surface area contributed by atoms with Crippen molar-refractivity contribution < 1.29 is 19.0 Å². The number of aromatic carboxylic acids is 1. The van der Waals surface area contributed by atoms with E-state index in [1.807, 2.05) is 0 Å². The molecule has 3 N–H and O–H groups in total. The molecule has 0 aliphatic rings. The summed E-state index contributed by atoms with van der Waals surface area (Å²) in [5.41, 5.74) is 6.25. The van der Waals surface area contributed by atoms with Crippen LogP contribution in [0.1, 0.15) is 9.67 Å². The number of carboxylic acids is 1. The summed E-state index contributed by atoms with van der Waals surface area (Å²) in [4.78, 5) is 11.5. The maximum atomic E-state index is 13.2. The highest BCUT2D eigenvalue weighted by molar-refractivity contribution is 7.18. The van der Waals surface area contributed by atoms with Gasteiger partial charge in [-0.3, -0.25) is 0 Å². The van der Waals surface area contributed by atoms with E-state index in [2.05, 4.69) is 0 Å². The van der Waals surface area contributed by atoms with Gasteiger partial charge in [0.05, 0.1) is 12.8 Å². The minimum absolute atomic E-state index is 0.0383. The topological polar surface area (TPSA) is 72.5 Å². The Balaban J connectivity index is 2.58. The first-order chi connectivity index (χ1) is 8.52. The number of carboxylic acid groups (broad SMARTS) is 1. The molecule has 0 spiro atoms. The maximum absolute atomic E-state index is 13.2. The standard InChI is InChI=1S/C12H10FNO3S/c1-17-9-3-2-6(13)4-7(9)10-5-8(14)11(18-10)12(15)16/h2-5H,14H2,1H3,(H,15,16). The van der Waals surface area contributed by atoms with Crippen LogP contribution in [0, 0.1) is 5.82 Å². The summed E-state index contributed by atoms with van der Waals surface area (Å²) in [5, 5.41) is 8.93. The number of rotatable bonds is 3. The van der Waals surface area contributed by atoms with Gasteiger partial charge in [-0.1, -0.05) is 0 Å².